The minimum absolute atomic E-state index is 0.225. The van der Waals surface area contributed by atoms with Crippen molar-refractivity contribution in [2.45, 2.75) is 32.8 Å². The van der Waals surface area contributed by atoms with Gasteiger partial charge < -0.3 is 14.4 Å². The van der Waals surface area contributed by atoms with E-state index in [2.05, 4.69) is 0 Å². The minimum atomic E-state index is -0.460. The SMILES string of the molecule is CC(C)(C)OC(=O)N1C[C@H]2C[C@@]2(C=O)C1. The summed E-state index contributed by atoms with van der Waals surface area (Å²) in [5.74, 6) is 0.377. The highest BCUT2D eigenvalue weighted by atomic mass is 16.6. The third-order valence-electron chi connectivity index (χ3n) is 3.09. The lowest BCUT2D eigenvalue weighted by Crippen LogP contribution is -2.37. The van der Waals surface area contributed by atoms with E-state index in [-0.39, 0.29) is 11.5 Å². The Morgan fingerprint density at radius 1 is 1.53 bits per heavy atom. The molecule has 4 heteroatoms. The number of nitrogens with zero attached hydrogens (tertiary/aromatic N) is 1. The Morgan fingerprint density at radius 2 is 2.20 bits per heavy atom. The molecule has 2 rings (SSSR count). The molecular formula is C11H17NO3. The molecule has 0 bridgehead atoms. The number of amides is 1. The molecule has 84 valence electrons. The normalized spacial score (nSPS) is 33.5. The molecule has 1 heterocycles. The molecule has 0 N–H and O–H groups in total. The smallest absolute Gasteiger partial charge is 0.410 e. The van der Waals surface area contributed by atoms with E-state index >= 15 is 0 Å². The predicted octanol–water partition coefficient (Wildman–Crippen LogP) is 1.44. The van der Waals surface area contributed by atoms with Gasteiger partial charge in [0.2, 0.25) is 0 Å². The van der Waals surface area contributed by atoms with Crippen LogP contribution in [0.15, 0.2) is 0 Å². The van der Waals surface area contributed by atoms with E-state index in [0.717, 1.165) is 12.7 Å². The Balaban J connectivity index is 1.92. The van der Waals surface area contributed by atoms with Crippen molar-refractivity contribution in [3.05, 3.63) is 0 Å². The lowest BCUT2D eigenvalue weighted by atomic mass is 10.1. The third-order valence-corrected chi connectivity index (χ3v) is 3.09. The Hall–Kier alpha value is -1.06. The zero-order valence-corrected chi connectivity index (χ0v) is 9.45. The molecule has 0 unspecified atom stereocenters. The van der Waals surface area contributed by atoms with Gasteiger partial charge in [0.15, 0.2) is 0 Å². The molecule has 1 aliphatic heterocycles. The highest BCUT2D eigenvalue weighted by molar-refractivity contribution is 5.73. The fraction of sp³-hybridized carbons (Fsp3) is 0.818. The molecule has 15 heavy (non-hydrogen) atoms. The van der Waals surface area contributed by atoms with Gasteiger partial charge in [-0.3, -0.25) is 0 Å². The van der Waals surface area contributed by atoms with Gasteiger partial charge >= 0.3 is 6.09 Å². The average Bonchev–Trinajstić information content (AvgIpc) is 2.66. The first-order valence-corrected chi connectivity index (χ1v) is 5.31. The minimum Gasteiger partial charge on any atom is -0.444 e. The summed E-state index contributed by atoms with van der Waals surface area (Å²) >= 11 is 0. The number of hydrogen-bond acceptors (Lipinski definition) is 3. The van der Waals surface area contributed by atoms with Crippen LogP contribution >= 0.6 is 0 Å². The van der Waals surface area contributed by atoms with Crippen LogP contribution in [-0.2, 0) is 9.53 Å². The predicted molar refractivity (Wildman–Crippen MR) is 54.4 cm³/mol. The number of aldehydes is 1. The van der Waals surface area contributed by atoms with Crippen LogP contribution in [0, 0.1) is 11.3 Å². The van der Waals surface area contributed by atoms with Gasteiger partial charge in [0, 0.05) is 18.5 Å². The summed E-state index contributed by atoms with van der Waals surface area (Å²) < 4.78 is 5.25. The van der Waals surface area contributed by atoms with Crippen molar-refractivity contribution in [3.8, 4) is 0 Å². The van der Waals surface area contributed by atoms with Crippen LogP contribution in [0.3, 0.4) is 0 Å². The molecule has 1 saturated carbocycles. The van der Waals surface area contributed by atoms with Crippen LogP contribution in [0.1, 0.15) is 27.2 Å². The molecule has 4 nitrogen and oxygen atoms in total. The van der Waals surface area contributed by atoms with Crippen LogP contribution in [0.2, 0.25) is 0 Å². The van der Waals surface area contributed by atoms with Crippen LogP contribution in [0.25, 0.3) is 0 Å². The highest BCUT2D eigenvalue weighted by Gasteiger charge is 2.61. The zero-order chi connectivity index (χ0) is 11.3. The molecular weight excluding hydrogens is 194 g/mol. The van der Waals surface area contributed by atoms with Crippen molar-refractivity contribution in [3.63, 3.8) is 0 Å². The van der Waals surface area contributed by atoms with Crippen molar-refractivity contribution in [2.75, 3.05) is 13.1 Å². The summed E-state index contributed by atoms with van der Waals surface area (Å²) in [5, 5.41) is 0. The molecule has 2 aliphatic rings. The first kappa shape index (κ1) is 10.5. The van der Waals surface area contributed by atoms with Gasteiger partial charge in [-0.2, -0.15) is 0 Å². The lowest BCUT2D eigenvalue weighted by Gasteiger charge is -2.25. The van der Waals surface area contributed by atoms with Crippen LogP contribution in [-0.4, -0.2) is 36.0 Å². The van der Waals surface area contributed by atoms with Crippen LogP contribution in [0.5, 0.6) is 0 Å². The summed E-state index contributed by atoms with van der Waals surface area (Å²) in [5.41, 5.74) is -0.685. The van der Waals surface area contributed by atoms with Gasteiger partial charge in [-0.05, 0) is 33.1 Å². The largest absolute Gasteiger partial charge is 0.444 e. The van der Waals surface area contributed by atoms with E-state index < -0.39 is 5.60 Å². The number of likely N-dealkylation sites (tertiary alicyclic amines) is 1. The zero-order valence-electron chi connectivity index (χ0n) is 9.45. The first-order chi connectivity index (χ1) is 6.86. The summed E-state index contributed by atoms with van der Waals surface area (Å²) in [6.45, 7) is 6.75. The fourth-order valence-corrected chi connectivity index (χ4v) is 2.17. The topological polar surface area (TPSA) is 46.6 Å². The maximum atomic E-state index is 11.7. The van der Waals surface area contributed by atoms with Gasteiger partial charge in [0.05, 0.1) is 0 Å². The van der Waals surface area contributed by atoms with Gasteiger partial charge in [-0.25, -0.2) is 4.79 Å². The molecule has 0 spiro atoms. The first-order valence-electron chi connectivity index (χ1n) is 5.31. The second-order valence-corrected chi connectivity index (χ2v) is 5.61. The quantitative estimate of drug-likeness (QED) is 0.616. The molecule has 1 amide bonds. The van der Waals surface area contributed by atoms with Crippen molar-refractivity contribution >= 4 is 12.4 Å². The number of carbonyl (C=O) groups excluding carboxylic acids is 2. The number of piperidine rings is 1. The van der Waals surface area contributed by atoms with Gasteiger partial charge in [-0.1, -0.05) is 0 Å². The van der Waals surface area contributed by atoms with Crippen LogP contribution in [0.4, 0.5) is 4.79 Å². The van der Waals surface area contributed by atoms with Crippen LogP contribution < -0.4 is 0 Å². The number of hydrogen-bond donors (Lipinski definition) is 0. The maximum absolute atomic E-state index is 11.7. The summed E-state index contributed by atoms with van der Waals surface area (Å²) in [6.07, 6.45) is 1.65. The number of ether oxygens (including phenoxy) is 1. The average molecular weight is 211 g/mol. The van der Waals surface area contributed by atoms with Crippen molar-refractivity contribution in [1.29, 1.82) is 0 Å². The summed E-state index contributed by atoms with van der Waals surface area (Å²) in [7, 11) is 0. The third kappa shape index (κ3) is 1.85. The van der Waals surface area contributed by atoms with E-state index in [1.807, 2.05) is 20.8 Å². The van der Waals surface area contributed by atoms with E-state index in [1.165, 1.54) is 0 Å². The molecule has 0 aromatic carbocycles. The molecule has 1 saturated heterocycles. The van der Waals surface area contributed by atoms with Crippen molar-refractivity contribution in [2.24, 2.45) is 11.3 Å². The fourth-order valence-electron chi connectivity index (χ4n) is 2.17. The maximum Gasteiger partial charge on any atom is 0.410 e. The standard InChI is InChI=1S/C11H17NO3/c1-10(2,3)15-9(14)12-5-8-4-11(8,6-12)7-13/h7-8H,4-6H2,1-3H3/t8-,11+/m1/s1. The van der Waals surface area contributed by atoms with E-state index in [1.54, 1.807) is 4.90 Å². The Kier molecular flexibility index (Phi) is 2.07. The van der Waals surface area contributed by atoms with Gasteiger partial charge in [-0.15, -0.1) is 0 Å². The molecule has 0 aromatic rings. The van der Waals surface area contributed by atoms with Gasteiger partial charge in [0.1, 0.15) is 11.9 Å². The highest BCUT2D eigenvalue weighted by Crippen LogP contribution is 2.56. The lowest BCUT2D eigenvalue weighted by molar-refractivity contribution is -0.112. The molecule has 2 atom stereocenters. The van der Waals surface area contributed by atoms with Gasteiger partial charge in [0.25, 0.3) is 0 Å². The Labute approximate surface area is 89.6 Å². The Bertz CT molecular complexity index is 307. The molecule has 2 fully saturated rings. The van der Waals surface area contributed by atoms with E-state index in [4.69, 9.17) is 4.74 Å². The monoisotopic (exact) mass is 211 g/mol. The van der Waals surface area contributed by atoms with Crippen molar-refractivity contribution in [1.82, 2.24) is 4.90 Å². The second kappa shape index (κ2) is 2.97. The number of carbonyl (C=O) groups is 2. The summed E-state index contributed by atoms with van der Waals surface area (Å²) in [6, 6.07) is 0. The summed E-state index contributed by atoms with van der Waals surface area (Å²) in [4.78, 5) is 24.2. The molecule has 0 aromatic heterocycles. The Morgan fingerprint density at radius 3 is 2.67 bits per heavy atom. The number of rotatable bonds is 1. The van der Waals surface area contributed by atoms with E-state index in [0.29, 0.717) is 19.0 Å². The van der Waals surface area contributed by atoms with E-state index in [9.17, 15) is 9.59 Å². The molecule has 0 radical (unpaired) electrons. The van der Waals surface area contributed by atoms with Crippen molar-refractivity contribution < 1.29 is 14.3 Å². The second-order valence-electron chi connectivity index (χ2n) is 5.61. The molecule has 1 aliphatic carbocycles. The number of fused-ring (bicyclic) bond motifs is 1.